The lowest BCUT2D eigenvalue weighted by molar-refractivity contribution is 0.249. The molecule has 118 valence electrons. The second-order valence-corrected chi connectivity index (χ2v) is 6.66. The Morgan fingerprint density at radius 3 is 2.86 bits per heavy atom. The van der Waals surface area contributed by atoms with Crippen molar-refractivity contribution < 1.29 is 4.42 Å². The van der Waals surface area contributed by atoms with E-state index in [0.717, 1.165) is 36.8 Å². The summed E-state index contributed by atoms with van der Waals surface area (Å²) in [7, 11) is 0. The zero-order valence-electron chi connectivity index (χ0n) is 13.5. The third-order valence-electron chi connectivity index (χ3n) is 5.34. The van der Waals surface area contributed by atoms with E-state index in [-0.39, 0.29) is 0 Å². The Bertz CT molecular complexity index is 660. The predicted molar refractivity (Wildman–Crippen MR) is 87.3 cm³/mol. The second-order valence-electron chi connectivity index (χ2n) is 6.66. The molecule has 2 bridgehead atoms. The van der Waals surface area contributed by atoms with Crippen LogP contribution < -0.4 is 4.90 Å². The van der Waals surface area contributed by atoms with Crippen LogP contribution in [0.4, 0.5) is 6.01 Å². The van der Waals surface area contributed by atoms with Crippen molar-refractivity contribution in [2.24, 2.45) is 0 Å². The monoisotopic (exact) mass is 300 g/mol. The highest BCUT2D eigenvalue weighted by Crippen LogP contribution is 2.29. The third-order valence-corrected chi connectivity index (χ3v) is 5.34. The molecule has 22 heavy (non-hydrogen) atoms. The molecule has 5 heteroatoms. The van der Waals surface area contributed by atoms with Gasteiger partial charge in [-0.25, -0.2) is 4.98 Å². The van der Waals surface area contributed by atoms with Gasteiger partial charge in [0.1, 0.15) is 0 Å². The first kappa shape index (κ1) is 14.0. The zero-order valence-corrected chi connectivity index (χ0v) is 13.5. The van der Waals surface area contributed by atoms with Crippen LogP contribution in [0.5, 0.6) is 0 Å². The normalized spacial score (nSPS) is 26.4. The first-order chi connectivity index (χ1) is 10.7. The summed E-state index contributed by atoms with van der Waals surface area (Å²) in [6, 6.07) is 3.45. The Labute approximate surface area is 131 Å². The number of oxazole rings is 1. The zero-order chi connectivity index (χ0) is 15.1. The molecule has 0 aliphatic carbocycles. The molecule has 0 aromatic carbocycles. The minimum absolute atomic E-state index is 0.507. The van der Waals surface area contributed by atoms with Crippen LogP contribution in [0.15, 0.2) is 16.7 Å². The van der Waals surface area contributed by atoms with E-state index in [0.29, 0.717) is 12.0 Å². The maximum Gasteiger partial charge on any atom is 0.300 e. The van der Waals surface area contributed by atoms with Crippen LogP contribution in [0.25, 0.3) is 11.2 Å². The van der Waals surface area contributed by atoms with E-state index in [1.807, 2.05) is 6.20 Å². The van der Waals surface area contributed by atoms with Gasteiger partial charge in [-0.05, 0) is 36.8 Å². The molecular weight excluding hydrogens is 276 g/mol. The van der Waals surface area contributed by atoms with Crippen molar-refractivity contribution in [2.75, 3.05) is 31.1 Å². The molecule has 5 heterocycles. The third kappa shape index (κ3) is 2.37. The van der Waals surface area contributed by atoms with Crippen LogP contribution in [-0.2, 0) is 0 Å². The number of fused-ring (bicyclic) bond motifs is 5. The van der Waals surface area contributed by atoms with Crippen molar-refractivity contribution in [3.8, 4) is 0 Å². The molecule has 3 aliphatic heterocycles. The molecule has 0 amide bonds. The van der Waals surface area contributed by atoms with E-state index in [9.17, 15) is 0 Å². The van der Waals surface area contributed by atoms with Gasteiger partial charge in [0.15, 0.2) is 5.58 Å². The van der Waals surface area contributed by atoms with E-state index in [1.165, 1.54) is 31.5 Å². The number of piperidine rings is 1. The minimum Gasteiger partial charge on any atom is -0.422 e. The van der Waals surface area contributed by atoms with E-state index in [2.05, 4.69) is 39.7 Å². The van der Waals surface area contributed by atoms with Crippen molar-refractivity contribution in [2.45, 2.75) is 45.1 Å². The fourth-order valence-corrected chi connectivity index (χ4v) is 3.59. The second kappa shape index (κ2) is 5.54. The van der Waals surface area contributed by atoms with Crippen molar-refractivity contribution in [1.29, 1.82) is 0 Å². The summed E-state index contributed by atoms with van der Waals surface area (Å²) in [5.41, 5.74) is 2.80. The maximum absolute atomic E-state index is 6.08. The highest BCUT2D eigenvalue weighted by atomic mass is 16.4. The predicted octanol–water partition coefficient (Wildman–Crippen LogP) is 3.02. The van der Waals surface area contributed by atoms with Crippen molar-refractivity contribution >= 4 is 17.2 Å². The van der Waals surface area contributed by atoms with E-state index in [1.54, 1.807) is 0 Å². The molecule has 1 atom stereocenters. The van der Waals surface area contributed by atoms with Crippen LogP contribution in [0.3, 0.4) is 0 Å². The standard InChI is InChI=1S/C17H24N4O/c1-3-12(2)13-10-15-16(18-11-13)19-17(22-15)21-9-8-20-6-4-14(21)5-7-20/h10-12,14H,3-9H2,1-2H3. The molecular formula is C17H24N4O. The minimum atomic E-state index is 0.507. The summed E-state index contributed by atoms with van der Waals surface area (Å²) in [4.78, 5) is 14.1. The lowest BCUT2D eigenvalue weighted by atomic mass is 10.0. The molecule has 0 saturated carbocycles. The van der Waals surface area contributed by atoms with Crippen LogP contribution in [0.2, 0.25) is 0 Å². The van der Waals surface area contributed by atoms with Gasteiger partial charge in [0.05, 0.1) is 0 Å². The number of nitrogens with zero attached hydrogens (tertiary/aromatic N) is 4. The molecule has 0 spiro atoms. The van der Waals surface area contributed by atoms with Crippen molar-refractivity contribution in [3.05, 3.63) is 17.8 Å². The number of rotatable bonds is 3. The van der Waals surface area contributed by atoms with Gasteiger partial charge < -0.3 is 14.2 Å². The van der Waals surface area contributed by atoms with E-state index < -0.39 is 0 Å². The highest BCUT2D eigenvalue weighted by Gasteiger charge is 2.31. The number of anilines is 1. The molecule has 2 aromatic rings. The average molecular weight is 300 g/mol. The number of hydrogen-bond acceptors (Lipinski definition) is 5. The van der Waals surface area contributed by atoms with Crippen molar-refractivity contribution in [3.63, 3.8) is 0 Å². The average Bonchev–Trinajstić information content (AvgIpc) is 2.74. The maximum atomic E-state index is 6.08. The van der Waals surface area contributed by atoms with Gasteiger partial charge in [0, 0.05) is 38.4 Å². The number of aromatic nitrogens is 2. The Balaban J connectivity index is 1.67. The van der Waals surface area contributed by atoms with Gasteiger partial charge in [-0.15, -0.1) is 0 Å². The molecule has 0 radical (unpaired) electrons. The Morgan fingerprint density at radius 2 is 2.09 bits per heavy atom. The molecule has 1 unspecified atom stereocenters. The molecule has 5 rings (SSSR count). The Kier molecular flexibility index (Phi) is 3.53. The summed E-state index contributed by atoms with van der Waals surface area (Å²) >= 11 is 0. The smallest absolute Gasteiger partial charge is 0.300 e. The number of pyridine rings is 1. The fourth-order valence-electron chi connectivity index (χ4n) is 3.59. The molecule has 3 fully saturated rings. The Morgan fingerprint density at radius 1 is 1.27 bits per heavy atom. The summed E-state index contributed by atoms with van der Waals surface area (Å²) in [6.07, 6.45) is 5.48. The van der Waals surface area contributed by atoms with Gasteiger partial charge in [0.25, 0.3) is 6.01 Å². The number of hydrogen-bond donors (Lipinski definition) is 0. The molecule has 5 nitrogen and oxygen atoms in total. The van der Waals surface area contributed by atoms with Crippen LogP contribution in [0.1, 0.15) is 44.6 Å². The van der Waals surface area contributed by atoms with Crippen molar-refractivity contribution in [1.82, 2.24) is 14.9 Å². The Hall–Kier alpha value is -1.62. The summed E-state index contributed by atoms with van der Waals surface area (Å²) in [6.45, 7) is 8.96. The first-order valence-electron chi connectivity index (χ1n) is 8.50. The first-order valence-corrected chi connectivity index (χ1v) is 8.50. The fraction of sp³-hybridized carbons (Fsp3) is 0.647. The summed E-state index contributed by atoms with van der Waals surface area (Å²) < 4.78 is 6.08. The highest BCUT2D eigenvalue weighted by molar-refractivity contribution is 5.70. The summed E-state index contributed by atoms with van der Waals surface area (Å²) in [5.74, 6) is 0.507. The van der Waals surface area contributed by atoms with Gasteiger partial charge in [-0.3, -0.25) is 0 Å². The summed E-state index contributed by atoms with van der Waals surface area (Å²) in [5, 5.41) is 0. The van der Waals surface area contributed by atoms with Crippen LogP contribution >= 0.6 is 0 Å². The quantitative estimate of drug-likeness (QED) is 0.872. The SMILES string of the molecule is CCC(C)c1cnc2nc(N3CCN4CCC3CC4)oc2c1. The van der Waals surface area contributed by atoms with Gasteiger partial charge in [-0.1, -0.05) is 13.8 Å². The molecule has 3 saturated heterocycles. The van der Waals surface area contributed by atoms with Crippen LogP contribution in [0, 0.1) is 0 Å². The van der Waals surface area contributed by atoms with Gasteiger partial charge in [0.2, 0.25) is 5.65 Å². The molecule has 0 N–H and O–H groups in total. The van der Waals surface area contributed by atoms with Gasteiger partial charge in [-0.2, -0.15) is 4.98 Å². The van der Waals surface area contributed by atoms with E-state index in [4.69, 9.17) is 4.42 Å². The topological polar surface area (TPSA) is 45.4 Å². The lowest BCUT2D eigenvalue weighted by Gasteiger charge is -2.30. The molecule has 2 aromatic heterocycles. The van der Waals surface area contributed by atoms with Crippen LogP contribution in [-0.4, -0.2) is 47.1 Å². The lowest BCUT2D eigenvalue weighted by Crippen LogP contribution is -2.38. The van der Waals surface area contributed by atoms with E-state index >= 15 is 0 Å². The largest absolute Gasteiger partial charge is 0.422 e. The van der Waals surface area contributed by atoms with Gasteiger partial charge >= 0.3 is 0 Å². The molecule has 3 aliphatic rings.